The topological polar surface area (TPSA) is 18.5 Å². The highest BCUT2D eigenvalue weighted by Gasteiger charge is 1.98. The van der Waals surface area contributed by atoms with Crippen molar-refractivity contribution in [3.8, 4) is 11.5 Å². The minimum absolute atomic E-state index is 0.719. The monoisotopic (exact) mass is 426 g/mol. The molecule has 0 fully saturated rings. The largest absolute Gasteiger partial charge is 0.494 e. The fourth-order valence-corrected chi connectivity index (χ4v) is 2.72. The Labute approximate surface area is 149 Å². The van der Waals surface area contributed by atoms with Crippen LogP contribution in [0.5, 0.6) is 11.5 Å². The van der Waals surface area contributed by atoms with Crippen LogP contribution >= 0.6 is 31.9 Å². The summed E-state index contributed by atoms with van der Waals surface area (Å²) in [4.78, 5) is 0. The molecule has 0 amide bonds. The van der Waals surface area contributed by atoms with E-state index in [1.165, 1.54) is 11.1 Å². The highest BCUT2D eigenvalue weighted by Crippen LogP contribution is 2.17. The molecule has 22 heavy (non-hydrogen) atoms. The van der Waals surface area contributed by atoms with Gasteiger partial charge < -0.3 is 9.47 Å². The fourth-order valence-electron chi connectivity index (χ4n) is 2.02. The van der Waals surface area contributed by atoms with Gasteiger partial charge in [0.15, 0.2) is 0 Å². The fraction of sp³-hybridized carbons (Fsp3) is 0.333. The Balaban J connectivity index is 1.62. The Morgan fingerprint density at radius 1 is 0.682 bits per heavy atom. The number of ether oxygens (including phenoxy) is 2. The van der Waals surface area contributed by atoms with Crippen molar-refractivity contribution in [2.75, 3.05) is 13.2 Å². The molecule has 0 bridgehead atoms. The highest BCUT2D eigenvalue weighted by atomic mass is 79.9. The minimum atomic E-state index is 0.719. The van der Waals surface area contributed by atoms with E-state index in [-0.39, 0.29) is 0 Å². The second kappa shape index (κ2) is 9.90. The van der Waals surface area contributed by atoms with E-state index >= 15 is 0 Å². The molecule has 0 aliphatic rings. The Morgan fingerprint density at radius 2 is 1.14 bits per heavy atom. The van der Waals surface area contributed by atoms with Gasteiger partial charge in [0.05, 0.1) is 13.2 Å². The van der Waals surface area contributed by atoms with E-state index in [0.717, 1.165) is 48.2 Å². The van der Waals surface area contributed by atoms with Crippen molar-refractivity contribution in [1.29, 1.82) is 0 Å². The zero-order valence-corrected chi connectivity index (χ0v) is 15.6. The third-order valence-electron chi connectivity index (χ3n) is 3.18. The van der Waals surface area contributed by atoms with Crippen LogP contribution in [0.2, 0.25) is 0 Å². The van der Waals surface area contributed by atoms with Gasteiger partial charge in [0.1, 0.15) is 11.5 Å². The molecule has 0 spiro atoms. The van der Waals surface area contributed by atoms with E-state index in [2.05, 4.69) is 56.1 Å². The van der Waals surface area contributed by atoms with Crippen LogP contribution in [0.15, 0.2) is 48.5 Å². The molecule has 0 saturated carbocycles. The molecular formula is C18H20Br2O2. The molecule has 0 aromatic heterocycles. The summed E-state index contributed by atoms with van der Waals surface area (Å²) in [6.07, 6.45) is 1.97. The van der Waals surface area contributed by atoms with Crippen molar-refractivity contribution in [1.82, 2.24) is 0 Å². The lowest BCUT2D eigenvalue weighted by molar-refractivity contribution is 0.266. The molecular weight excluding hydrogens is 408 g/mol. The maximum atomic E-state index is 5.75. The number of alkyl halides is 2. The first-order valence-electron chi connectivity index (χ1n) is 7.37. The number of rotatable bonds is 9. The molecule has 4 heteroatoms. The number of hydrogen-bond donors (Lipinski definition) is 0. The Hall–Kier alpha value is -1.00. The average Bonchev–Trinajstić information content (AvgIpc) is 2.58. The number of hydrogen-bond acceptors (Lipinski definition) is 2. The van der Waals surface area contributed by atoms with Crippen molar-refractivity contribution in [3.05, 3.63) is 59.7 Å². The van der Waals surface area contributed by atoms with Crippen LogP contribution < -0.4 is 9.47 Å². The molecule has 2 nitrogen and oxygen atoms in total. The number of benzene rings is 2. The molecule has 0 atom stereocenters. The summed E-state index contributed by atoms with van der Waals surface area (Å²) >= 11 is 6.90. The third kappa shape index (κ3) is 6.01. The quantitative estimate of drug-likeness (QED) is 0.376. The van der Waals surface area contributed by atoms with Crippen LogP contribution in [0.3, 0.4) is 0 Å². The van der Waals surface area contributed by atoms with Crippen LogP contribution in [-0.4, -0.2) is 13.2 Å². The lowest BCUT2D eigenvalue weighted by Gasteiger charge is -2.09. The molecule has 2 aromatic rings. The van der Waals surface area contributed by atoms with Gasteiger partial charge in [0.25, 0.3) is 0 Å². The van der Waals surface area contributed by atoms with Crippen molar-refractivity contribution >= 4 is 31.9 Å². The van der Waals surface area contributed by atoms with E-state index in [1.54, 1.807) is 0 Å². The molecule has 0 N–H and O–H groups in total. The van der Waals surface area contributed by atoms with Crippen molar-refractivity contribution in [2.45, 2.75) is 23.5 Å². The first kappa shape index (κ1) is 17.4. The van der Waals surface area contributed by atoms with Crippen molar-refractivity contribution in [2.24, 2.45) is 0 Å². The minimum Gasteiger partial charge on any atom is -0.494 e. The summed E-state index contributed by atoms with van der Waals surface area (Å²) in [6.45, 7) is 1.44. The van der Waals surface area contributed by atoms with Gasteiger partial charge in [-0.2, -0.15) is 0 Å². The van der Waals surface area contributed by atoms with Crippen LogP contribution in [0.1, 0.15) is 24.0 Å². The molecule has 0 aliphatic heterocycles. The van der Waals surface area contributed by atoms with Gasteiger partial charge in [0.2, 0.25) is 0 Å². The molecule has 2 rings (SSSR count). The first-order valence-corrected chi connectivity index (χ1v) is 9.61. The van der Waals surface area contributed by atoms with Crippen LogP contribution in [0.4, 0.5) is 0 Å². The number of halogens is 2. The maximum Gasteiger partial charge on any atom is 0.119 e. The lowest BCUT2D eigenvalue weighted by Crippen LogP contribution is -2.02. The normalized spacial score (nSPS) is 10.5. The lowest BCUT2D eigenvalue weighted by atomic mass is 10.2. The Bertz CT molecular complexity index is 521. The average molecular weight is 428 g/mol. The molecule has 0 aliphatic carbocycles. The molecule has 0 heterocycles. The van der Waals surface area contributed by atoms with Crippen molar-refractivity contribution in [3.63, 3.8) is 0 Å². The van der Waals surface area contributed by atoms with Gasteiger partial charge in [-0.25, -0.2) is 0 Å². The smallest absolute Gasteiger partial charge is 0.119 e. The zero-order chi connectivity index (χ0) is 15.6. The first-order chi connectivity index (χ1) is 10.8. The van der Waals surface area contributed by atoms with Crippen molar-refractivity contribution < 1.29 is 9.47 Å². The Kier molecular flexibility index (Phi) is 7.81. The SMILES string of the molecule is BrCc1cccc(OCCCCOc2cccc(CBr)c2)c1. The van der Waals surface area contributed by atoms with Crippen LogP contribution in [0, 0.1) is 0 Å². The third-order valence-corrected chi connectivity index (χ3v) is 4.48. The van der Waals surface area contributed by atoms with Crippen LogP contribution in [0.25, 0.3) is 0 Å². The summed E-state index contributed by atoms with van der Waals surface area (Å²) in [6, 6.07) is 16.3. The molecule has 0 saturated heterocycles. The molecule has 0 radical (unpaired) electrons. The summed E-state index contributed by atoms with van der Waals surface area (Å²) in [5, 5.41) is 1.71. The highest BCUT2D eigenvalue weighted by molar-refractivity contribution is 9.08. The Morgan fingerprint density at radius 3 is 1.55 bits per heavy atom. The van der Waals surface area contributed by atoms with Crippen LogP contribution in [-0.2, 0) is 10.7 Å². The van der Waals surface area contributed by atoms with Gasteiger partial charge >= 0.3 is 0 Å². The standard InChI is InChI=1S/C18H20Br2O2/c19-13-15-5-3-7-17(11-15)21-9-1-2-10-22-18-8-4-6-16(12-18)14-20/h3-8,11-12H,1-2,9-10,13-14H2. The predicted molar refractivity (Wildman–Crippen MR) is 98.4 cm³/mol. The summed E-state index contributed by atoms with van der Waals surface area (Å²) in [5.74, 6) is 1.87. The zero-order valence-electron chi connectivity index (χ0n) is 12.4. The van der Waals surface area contributed by atoms with Gasteiger partial charge in [-0.3, -0.25) is 0 Å². The summed E-state index contributed by atoms with van der Waals surface area (Å²) < 4.78 is 11.5. The molecule has 118 valence electrons. The summed E-state index contributed by atoms with van der Waals surface area (Å²) in [7, 11) is 0. The van der Waals surface area contributed by atoms with Gasteiger partial charge in [-0.15, -0.1) is 0 Å². The molecule has 0 unspecified atom stereocenters. The second-order valence-electron chi connectivity index (χ2n) is 4.97. The summed E-state index contributed by atoms with van der Waals surface area (Å²) in [5.41, 5.74) is 2.46. The van der Waals surface area contributed by atoms with E-state index in [0.29, 0.717) is 0 Å². The maximum absolute atomic E-state index is 5.75. The van der Waals surface area contributed by atoms with Gasteiger partial charge in [-0.05, 0) is 48.2 Å². The van der Waals surface area contributed by atoms with E-state index < -0.39 is 0 Å². The van der Waals surface area contributed by atoms with E-state index in [4.69, 9.17) is 9.47 Å². The predicted octanol–water partition coefficient (Wildman–Crippen LogP) is 5.71. The molecule has 2 aromatic carbocycles. The van der Waals surface area contributed by atoms with E-state index in [1.807, 2.05) is 24.3 Å². The van der Waals surface area contributed by atoms with Gasteiger partial charge in [-0.1, -0.05) is 56.1 Å². The number of unbranched alkanes of at least 4 members (excludes halogenated alkanes) is 1. The van der Waals surface area contributed by atoms with Gasteiger partial charge in [0, 0.05) is 10.7 Å². The van der Waals surface area contributed by atoms with E-state index in [9.17, 15) is 0 Å². The second-order valence-corrected chi connectivity index (χ2v) is 6.09.